The average Bonchev–Trinajstić information content (AvgIpc) is 2.81. The minimum Gasteiger partial charge on any atom is -0.311 e. The van der Waals surface area contributed by atoms with Crippen LogP contribution in [-0.2, 0) is 0 Å². The molecule has 0 aliphatic carbocycles. The van der Waals surface area contributed by atoms with Gasteiger partial charge in [-0.3, -0.25) is 0 Å². The predicted molar refractivity (Wildman–Crippen MR) is 125 cm³/mol. The second-order valence-corrected chi connectivity index (χ2v) is 5.94. The highest BCUT2D eigenvalue weighted by molar-refractivity contribution is 5.76. The van der Waals surface area contributed by atoms with Crippen LogP contribution in [-0.4, -0.2) is 0 Å². The zero-order valence-electron chi connectivity index (χ0n) is 17.0. The Morgan fingerprint density at radius 2 is 1.48 bits per heavy atom. The molecule has 0 heterocycles. The van der Waals surface area contributed by atoms with Crippen molar-refractivity contribution in [2.45, 2.75) is 13.8 Å². The zero-order chi connectivity index (χ0) is 21.1. The summed E-state index contributed by atoms with van der Waals surface area (Å²) in [6.45, 7) is 11.8. The molecule has 0 amide bonds. The van der Waals surface area contributed by atoms with Crippen LogP contribution in [0.3, 0.4) is 0 Å². The Labute approximate surface area is 174 Å². The molecule has 29 heavy (non-hydrogen) atoms. The molecular formula is C27H26N2. The molecular weight excluding hydrogens is 352 g/mol. The Bertz CT molecular complexity index is 1010. The summed E-state index contributed by atoms with van der Waals surface area (Å²) in [5.74, 6) is 0. The van der Waals surface area contributed by atoms with Crippen molar-refractivity contribution in [1.29, 1.82) is 5.26 Å². The molecule has 0 N–H and O–H groups in total. The second kappa shape index (κ2) is 11.1. The Morgan fingerprint density at radius 3 is 2.07 bits per heavy atom. The van der Waals surface area contributed by atoms with Gasteiger partial charge in [0.1, 0.15) is 0 Å². The van der Waals surface area contributed by atoms with E-state index < -0.39 is 0 Å². The third-order valence-electron chi connectivity index (χ3n) is 4.22. The topological polar surface area (TPSA) is 27.0 Å². The Hall–Kier alpha value is -3.83. The van der Waals surface area contributed by atoms with Crippen LogP contribution in [0.1, 0.15) is 19.4 Å². The molecule has 0 fully saturated rings. The molecule has 0 saturated heterocycles. The molecule has 2 heteroatoms. The molecule has 0 aliphatic heterocycles. The lowest BCUT2D eigenvalue weighted by Crippen LogP contribution is -2.14. The molecule has 0 saturated carbocycles. The maximum Gasteiger partial charge on any atom is 0.0991 e. The van der Waals surface area contributed by atoms with E-state index in [4.69, 9.17) is 5.26 Å². The van der Waals surface area contributed by atoms with Crippen LogP contribution in [0.5, 0.6) is 0 Å². The van der Waals surface area contributed by atoms with Gasteiger partial charge in [-0.25, -0.2) is 0 Å². The molecule has 0 aromatic heterocycles. The molecule has 0 spiro atoms. The minimum atomic E-state index is 0.656. The van der Waals surface area contributed by atoms with Gasteiger partial charge in [0.05, 0.1) is 11.6 Å². The smallest absolute Gasteiger partial charge is 0.0991 e. The number of nitriles is 1. The number of hydrogen-bond donors (Lipinski definition) is 0. The van der Waals surface area contributed by atoms with E-state index >= 15 is 0 Å². The first-order valence-corrected chi connectivity index (χ1v) is 9.68. The summed E-state index contributed by atoms with van der Waals surface area (Å²) in [5.41, 5.74) is 5.81. The number of allylic oxidation sites excluding steroid dienone is 3. The Balaban J connectivity index is 0.00000145. The van der Waals surface area contributed by atoms with Crippen LogP contribution < -0.4 is 4.90 Å². The fraction of sp³-hybridized carbons (Fsp3) is 0.0741. The van der Waals surface area contributed by atoms with Gasteiger partial charge < -0.3 is 4.90 Å². The Kier molecular flexibility index (Phi) is 8.23. The van der Waals surface area contributed by atoms with Crippen LogP contribution in [0.15, 0.2) is 116 Å². The fourth-order valence-electron chi connectivity index (χ4n) is 2.94. The summed E-state index contributed by atoms with van der Waals surface area (Å²) >= 11 is 0. The van der Waals surface area contributed by atoms with Crippen molar-refractivity contribution in [3.63, 3.8) is 0 Å². The van der Waals surface area contributed by atoms with Gasteiger partial charge in [-0.15, -0.1) is 0 Å². The summed E-state index contributed by atoms with van der Waals surface area (Å²) in [5, 5.41) is 9.00. The highest BCUT2D eigenvalue weighted by atomic mass is 15.1. The van der Waals surface area contributed by atoms with Gasteiger partial charge in [0, 0.05) is 17.1 Å². The van der Waals surface area contributed by atoms with Gasteiger partial charge in [-0.2, -0.15) is 5.26 Å². The van der Waals surface area contributed by atoms with E-state index in [1.165, 1.54) is 0 Å². The van der Waals surface area contributed by atoms with Crippen molar-refractivity contribution in [3.8, 4) is 17.2 Å². The molecule has 0 aliphatic rings. The maximum atomic E-state index is 9.00. The number of rotatable bonds is 6. The van der Waals surface area contributed by atoms with Crippen LogP contribution in [0.2, 0.25) is 0 Å². The number of nitrogens with zero attached hydrogens (tertiary/aromatic N) is 2. The molecule has 0 bridgehead atoms. The third-order valence-corrected chi connectivity index (χ3v) is 4.22. The molecule has 0 radical (unpaired) electrons. The van der Waals surface area contributed by atoms with Gasteiger partial charge in [0.15, 0.2) is 0 Å². The minimum absolute atomic E-state index is 0.656. The average molecular weight is 379 g/mol. The normalized spacial score (nSPS) is 10.2. The molecule has 0 unspecified atom stereocenters. The quantitative estimate of drug-likeness (QED) is 0.412. The predicted octanol–water partition coefficient (Wildman–Crippen LogP) is 7.65. The fourth-order valence-corrected chi connectivity index (χ4v) is 2.94. The summed E-state index contributed by atoms with van der Waals surface area (Å²) in [6.07, 6.45) is 5.52. The van der Waals surface area contributed by atoms with Crippen LogP contribution >= 0.6 is 0 Å². The van der Waals surface area contributed by atoms with Crippen molar-refractivity contribution in [2.75, 3.05) is 4.90 Å². The van der Waals surface area contributed by atoms with E-state index in [-0.39, 0.29) is 0 Å². The van der Waals surface area contributed by atoms with E-state index in [0.717, 1.165) is 28.2 Å². The molecule has 144 valence electrons. The van der Waals surface area contributed by atoms with E-state index in [1.54, 1.807) is 6.08 Å². The van der Waals surface area contributed by atoms with Crippen molar-refractivity contribution >= 4 is 11.4 Å². The number of para-hydroxylation sites is 1. The highest BCUT2D eigenvalue weighted by Gasteiger charge is 2.13. The zero-order valence-corrected chi connectivity index (χ0v) is 17.0. The van der Waals surface area contributed by atoms with Crippen molar-refractivity contribution in [2.24, 2.45) is 0 Å². The van der Waals surface area contributed by atoms with Gasteiger partial charge in [-0.05, 0) is 59.7 Å². The highest BCUT2D eigenvalue weighted by Crippen LogP contribution is 2.33. The van der Waals surface area contributed by atoms with E-state index in [9.17, 15) is 0 Å². The number of benzene rings is 3. The van der Waals surface area contributed by atoms with Crippen molar-refractivity contribution in [1.82, 2.24) is 0 Å². The lowest BCUT2D eigenvalue weighted by molar-refractivity contribution is 1.21. The van der Waals surface area contributed by atoms with E-state index in [2.05, 4.69) is 54.5 Å². The van der Waals surface area contributed by atoms with Crippen molar-refractivity contribution in [3.05, 3.63) is 122 Å². The number of hydrogen-bond acceptors (Lipinski definition) is 2. The molecule has 2 nitrogen and oxygen atoms in total. The van der Waals surface area contributed by atoms with Gasteiger partial charge in [0.2, 0.25) is 0 Å². The maximum absolute atomic E-state index is 9.00. The Morgan fingerprint density at radius 1 is 0.828 bits per heavy atom. The summed E-state index contributed by atoms with van der Waals surface area (Å²) in [6, 6.07) is 28.2. The van der Waals surface area contributed by atoms with Crippen LogP contribution in [0.25, 0.3) is 11.1 Å². The van der Waals surface area contributed by atoms with Crippen molar-refractivity contribution < 1.29 is 0 Å². The largest absolute Gasteiger partial charge is 0.311 e. The first-order chi connectivity index (χ1) is 14.3. The summed E-state index contributed by atoms with van der Waals surface area (Å²) in [7, 11) is 0. The van der Waals surface area contributed by atoms with Crippen LogP contribution in [0.4, 0.5) is 11.4 Å². The standard InChI is InChI=1S/C25H20N2.C2H6/c1-3-9-23(4-2)27(24-11-6-5-7-12-24)25-13-8-10-22(18-25)21-16-14-20(19-26)15-17-21;1-2/h3-18H,1-2H2;1-2H3/b23-9+;. The van der Waals surface area contributed by atoms with Gasteiger partial charge in [-0.1, -0.05) is 75.5 Å². The SMILES string of the molecule is C=C/C=C(\C=C)N(c1ccccc1)c1cccc(-c2ccc(C#N)cc2)c1.CC. The van der Waals surface area contributed by atoms with Crippen LogP contribution in [0, 0.1) is 11.3 Å². The summed E-state index contributed by atoms with van der Waals surface area (Å²) in [4.78, 5) is 2.14. The summed E-state index contributed by atoms with van der Waals surface area (Å²) < 4.78 is 0. The second-order valence-electron chi connectivity index (χ2n) is 5.94. The first kappa shape index (κ1) is 21.5. The third kappa shape index (κ3) is 5.34. The number of anilines is 2. The first-order valence-electron chi connectivity index (χ1n) is 9.68. The van der Waals surface area contributed by atoms with E-state index in [0.29, 0.717) is 5.56 Å². The van der Waals surface area contributed by atoms with Gasteiger partial charge in [0.25, 0.3) is 0 Å². The monoisotopic (exact) mass is 378 g/mol. The molecule has 3 aromatic carbocycles. The van der Waals surface area contributed by atoms with Gasteiger partial charge >= 0.3 is 0 Å². The lowest BCUT2D eigenvalue weighted by Gasteiger charge is -2.26. The molecule has 0 atom stereocenters. The molecule has 3 aromatic rings. The molecule has 3 rings (SSSR count). The lowest BCUT2D eigenvalue weighted by atomic mass is 10.0. The van der Waals surface area contributed by atoms with E-state index in [1.807, 2.05) is 74.5 Å².